The van der Waals surface area contributed by atoms with Gasteiger partial charge in [-0.1, -0.05) is 6.07 Å². The number of aryl methyl sites for hydroxylation is 1. The van der Waals surface area contributed by atoms with E-state index in [4.69, 9.17) is 4.74 Å². The monoisotopic (exact) mass is 458 g/mol. The van der Waals surface area contributed by atoms with Gasteiger partial charge in [0, 0.05) is 17.8 Å². The Hall–Kier alpha value is -3.86. The van der Waals surface area contributed by atoms with Gasteiger partial charge in [0.2, 0.25) is 5.88 Å². The van der Waals surface area contributed by atoms with E-state index in [9.17, 15) is 22.0 Å². The summed E-state index contributed by atoms with van der Waals surface area (Å²) in [5.41, 5.74) is 1.15. The van der Waals surface area contributed by atoms with Crippen LogP contribution in [0.4, 0.5) is 14.5 Å². The number of halogens is 2. The van der Waals surface area contributed by atoms with Crippen molar-refractivity contribution in [2.24, 2.45) is 0 Å². The van der Waals surface area contributed by atoms with Crippen molar-refractivity contribution in [2.45, 2.75) is 11.8 Å². The van der Waals surface area contributed by atoms with Crippen molar-refractivity contribution in [3.05, 3.63) is 76.5 Å². The lowest BCUT2D eigenvalue weighted by molar-refractivity contribution is 0.400. The minimum atomic E-state index is -4.42. The van der Waals surface area contributed by atoms with Crippen LogP contribution in [-0.4, -0.2) is 30.5 Å². The summed E-state index contributed by atoms with van der Waals surface area (Å²) in [4.78, 5) is 22.5. The number of methoxy groups -OCH3 is 1. The molecule has 0 spiro atoms. The van der Waals surface area contributed by atoms with Gasteiger partial charge in [0.1, 0.15) is 28.0 Å². The van der Waals surface area contributed by atoms with Gasteiger partial charge in [-0.05, 0) is 42.8 Å². The molecule has 0 aliphatic rings. The molecule has 8 nitrogen and oxygen atoms in total. The third-order valence-corrected chi connectivity index (χ3v) is 6.03. The van der Waals surface area contributed by atoms with Crippen LogP contribution in [0.25, 0.3) is 22.0 Å². The first-order valence-corrected chi connectivity index (χ1v) is 10.7. The van der Waals surface area contributed by atoms with E-state index >= 15 is 0 Å². The normalized spacial score (nSPS) is 11.5. The third kappa shape index (κ3) is 4.02. The molecule has 0 unspecified atom stereocenters. The molecule has 2 aromatic heterocycles. The Bertz CT molecular complexity index is 1520. The van der Waals surface area contributed by atoms with Gasteiger partial charge < -0.3 is 9.72 Å². The molecule has 11 heteroatoms. The molecule has 4 rings (SSSR count). The van der Waals surface area contributed by atoms with Crippen LogP contribution < -0.4 is 15.0 Å². The highest BCUT2D eigenvalue weighted by Gasteiger charge is 2.22. The Labute approximate surface area is 181 Å². The summed E-state index contributed by atoms with van der Waals surface area (Å²) in [6.07, 6.45) is 1.44. The first kappa shape index (κ1) is 21.4. The quantitative estimate of drug-likeness (QED) is 0.474. The third-order valence-electron chi connectivity index (χ3n) is 4.63. The highest BCUT2D eigenvalue weighted by atomic mass is 32.2. The van der Waals surface area contributed by atoms with E-state index in [0.29, 0.717) is 33.9 Å². The SMILES string of the molecule is COc1ncc(-c2ccc3nc(C)[nH]c(=O)c3c2)cc1NS(=O)(=O)c1ccc(F)cc1F. The van der Waals surface area contributed by atoms with Gasteiger partial charge in [-0.25, -0.2) is 27.2 Å². The van der Waals surface area contributed by atoms with Gasteiger partial charge in [-0.3, -0.25) is 9.52 Å². The van der Waals surface area contributed by atoms with Crippen LogP contribution in [0.2, 0.25) is 0 Å². The van der Waals surface area contributed by atoms with Gasteiger partial charge in [0.05, 0.1) is 18.0 Å². The van der Waals surface area contributed by atoms with Gasteiger partial charge in [-0.2, -0.15) is 0 Å². The number of nitrogens with one attached hydrogen (secondary N) is 2. The number of hydrogen-bond acceptors (Lipinski definition) is 6. The topological polar surface area (TPSA) is 114 Å². The van der Waals surface area contributed by atoms with Crippen LogP contribution in [0, 0.1) is 18.6 Å². The van der Waals surface area contributed by atoms with Crippen LogP contribution >= 0.6 is 0 Å². The predicted molar refractivity (Wildman–Crippen MR) is 114 cm³/mol. The van der Waals surface area contributed by atoms with E-state index in [2.05, 4.69) is 19.7 Å². The maximum Gasteiger partial charge on any atom is 0.264 e. The first-order valence-electron chi connectivity index (χ1n) is 9.21. The van der Waals surface area contributed by atoms with Gasteiger partial charge in [0.15, 0.2) is 0 Å². The Morgan fingerprint density at radius 1 is 1.06 bits per heavy atom. The van der Waals surface area contributed by atoms with Gasteiger partial charge in [0.25, 0.3) is 15.6 Å². The fourth-order valence-corrected chi connectivity index (χ4v) is 4.28. The zero-order valence-electron chi connectivity index (χ0n) is 16.8. The van der Waals surface area contributed by atoms with Crippen molar-refractivity contribution in [3.63, 3.8) is 0 Å². The second kappa shape index (κ2) is 8.00. The largest absolute Gasteiger partial charge is 0.480 e. The molecule has 0 saturated heterocycles. The molecule has 0 saturated carbocycles. The fourth-order valence-electron chi connectivity index (χ4n) is 3.17. The van der Waals surface area contributed by atoms with Crippen LogP contribution in [0.1, 0.15) is 5.82 Å². The number of ether oxygens (including phenoxy) is 1. The molecule has 2 heterocycles. The number of anilines is 1. The van der Waals surface area contributed by atoms with E-state index < -0.39 is 26.6 Å². The lowest BCUT2D eigenvalue weighted by Gasteiger charge is -2.13. The highest BCUT2D eigenvalue weighted by molar-refractivity contribution is 7.92. The van der Waals surface area contributed by atoms with Gasteiger partial charge in [-0.15, -0.1) is 0 Å². The Morgan fingerprint density at radius 2 is 1.84 bits per heavy atom. The minimum absolute atomic E-state index is 0.0595. The van der Waals surface area contributed by atoms with Crippen molar-refractivity contribution in [2.75, 3.05) is 11.8 Å². The summed E-state index contributed by atoms with van der Waals surface area (Å²) in [7, 11) is -3.12. The zero-order chi connectivity index (χ0) is 23.0. The molecule has 2 aromatic carbocycles. The summed E-state index contributed by atoms with van der Waals surface area (Å²) in [6, 6.07) is 8.53. The van der Waals surface area contributed by atoms with E-state index in [1.54, 1.807) is 25.1 Å². The average molecular weight is 458 g/mol. The second-order valence-electron chi connectivity index (χ2n) is 6.84. The smallest absolute Gasteiger partial charge is 0.264 e. The number of pyridine rings is 1. The number of sulfonamides is 1. The lowest BCUT2D eigenvalue weighted by Crippen LogP contribution is -2.16. The molecule has 0 radical (unpaired) electrons. The average Bonchev–Trinajstić information content (AvgIpc) is 2.73. The van der Waals surface area contributed by atoms with E-state index in [-0.39, 0.29) is 17.1 Å². The van der Waals surface area contributed by atoms with Gasteiger partial charge >= 0.3 is 0 Å². The van der Waals surface area contributed by atoms with Crippen LogP contribution in [0.15, 0.2) is 58.4 Å². The standard InChI is InChI=1S/C21H16F2N4O4S/c1-11-25-17-5-3-12(7-15(17)20(28)26-11)13-8-18(21(31-2)24-10-13)27-32(29,30)19-6-4-14(22)9-16(19)23/h3-10,27H,1-2H3,(H,25,26,28). The summed E-state index contributed by atoms with van der Waals surface area (Å²) in [5.74, 6) is -1.72. The molecule has 164 valence electrons. The van der Waals surface area contributed by atoms with Crippen molar-refractivity contribution in [3.8, 4) is 17.0 Å². The molecular formula is C21H16F2N4O4S. The lowest BCUT2D eigenvalue weighted by atomic mass is 10.1. The molecule has 32 heavy (non-hydrogen) atoms. The number of rotatable bonds is 5. The zero-order valence-corrected chi connectivity index (χ0v) is 17.6. The fraction of sp³-hybridized carbons (Fsp3) is 0.0952. The van der Waals surface area contributed by atoms with E-state index in [1.807, 2.05) is 0 Å². The van der Waals surface area contributed by atoms with Crippen molar-refractivity contribution in [1.82, 2.24) is 15.0 Å². The van der Waals surface area contributed by atoms with E-state index in [1.165, 1.54) is 19.4 Å². The number of H-pyrrole nitrogens is 1. The maximum atomic E-state index is 14.0. The molecule has 2 N–H and O–H groups in total. The highest BCUT2D eigenvalue weighted by Crippen LogP contribution is 2.31. The Kier molecular flexibility index (Phi) is 5.35. The molecular weight excluding hydrogens is 442 g/mol. The van der Waals surface area contributed by atoms with E-state index in [0.717, 1.165) is 12.1 Å². The first-order chi connectivity index (χ1) is 15.2. The number of benzene rings is 2. The number of nitrogens with zero attached hydrogens (tertiary/aromatic N) is 2. The molecule has 0 bridgehead atoms. The predicted octanol–water partition coefficient (Wildman–Crippen LogP) is 3.38. The van der Waals surface area contributed by atoms with Crippen molar-refractivity contribution in [1.29, 1.82) is 0 Å². The molecule has 0 amide bonds. The summed E-state index contributed by atoms with van der Waals surface area (Å²) < 4.78 is 59.9. The second-order valence-corrected chi connectivity index (χ2v) is 8.50. The Balaban J connectivity index is 1.78. The number of hydrogen-bond donors (Lipinski definition) is 2. The molecule has 0 fully saturated rings. The van der Waals surface area contributed by atoms with Crippen molar-refractivity contribution >= 4 is 26.6 Å². The van der Waals surface area contributed by atoms with Crippen LogP contribution in [0.5, 0.6) is 5.88 Å². The van der Waals surface area contributed by atoms with Crippen molar-refractivity contribution < 1.29 is 21.9 Å². The Morgan fingerprint density at radius 3 is 2.56 bits per heavy atom. The van der Waals surface area contributed by atoms with Crippen LogP contribution in [-0.2, 0) is 10.0 Å². The number of aromatic nitrogens is 3. The molecule has 0 atom stereocenters. The minimum Gasteiger partial charge on any atom is -0.480 e. The van der Waals surface area contributed by atoms with Crippen LogP contribution in [0.3, 0.4) is 0 Å². The molecule has 0 aliphatic heterocycles. The molecule has 4 aromatic rings. The summed E-state index contributed by atoms with van der Waals surface area (Å²) in [5, 5.41) is 0.347. The summed E-state index contributed by atoms with van der Waals surface area (Å²) in [6.45, 7) is 1.67. The number of aromatic amines is 1. The number of fused-ring (bicyclic) bond motifs is 1. The maximum absolute atomic E-state index is 14.0. The summed E-state index contributed by atoms with van der Waals surface area (Å²) >= 11 is 0. The molecule has 0 aliphatic carbocycles.